The number of nitrogens with zero attached hydrogens (tertiary/aromatic N) is 3. The summed E-state index contributed by atoms with van der Waals surface area (Å²) >= 11 is 1.43. The van der Waals surface area contributed by atoms with Crippen molar-refractivity contribution in [2.75, 3.05) is 33.0 Å². The minimum absolute atomic E-state index is 0.604. The maximum atomic E-state index is 8.00. The minimum Gasteiger partial charge on any atom is -0.496 e. The lowest BCUT2D eigenvalue weighted by Crippen LogP contribution is -2.04. The van der Waals surface area contributed by atoms with Gasteiger partial charge in [0, 0.05) is 18.3 Å². The summed E-state index contributed by atoms with van der Waals surface area (Å²) in [7, 11) is 6.73. The Hall–Kier alpha value is -3.54. The van der Waals surface area contributed by atoms with Crippen LogP contribution >= 0.6 is 11.9 Å². The highest BCUT2D eigenvalue weighted by Crippen LogP contribution is 2.37. The van der Waals surface area contributed by atoms with E-state index >= 15 is 0 Å². The second-order valence-electron chi connectivity index (χ2n) is 7.32. The van der Waals surface area contributed by atoms with Crippen LogP contribution in [0.15, 0.2) is 52.1 Å². The van der Waals surface area contributed by atoms with Crippen molar-refractivity contribution in [1.82, 2.24) is 20.3 Å². The third-order valence-corrected chi connectivity index (χ3v) is 5.96. The Labute approximate surface area is 229 Å². The molecule has 2 aromatic carbocycles. The SMILES string of the molecule is C=O.CC.CCc1ccc(OC)c(SNc2noc3cc(Cn4cc(CNC)cn4)cc(OC)c23)c1.CN. The molecule has 4 N–H and O–H groups in total. The number of benzene rings is 2. The molecule has 208 valence electrons. The van der Waals surface area contributed by atoms with Crippen molar-refractivity contribution in [2.45, 2.75) is 45.2 Å². The van der Waals surface area contributed by atoms with E-state index in [4.69, 9.17) is 18.8 Å². The highest BCUT2D eigenvalue weighted by atomic mass is 32.2. The van der Waals surface area contributed by atoms with Gasteiger partial charge in [-0.2, -0.15) is 5.10 Å². The lowest BCUT2D eigenvalue weighted by atomic mass is 10.1. The summed E-state index contributed by atoms with van der Waals surface area (Å²) < 4.78 is 22.0. The minimum atomic E-state index is 0.604. The monoisotopic (exact) mass is 544 g/mol. The Morgan fingerprint density at radius 2 is 1.76 bits per heavy atom. The van der Waals surface area contributed by atoms with Crippen molar-refractivity contribution in [3.63, 3.8) is 0 Å². The van der Waals surface area contributed by atoms with Gasteiger partial charge in [0.05, 0.1) is 31.9 Å². The van der Waals surface area contributed by atoms with Crippen molar-refractivity contribution < 1.29 is 18.8 Å². The van der Waals surface area contributed by atoms with Crippen LogP contribution in [-0.4, -0.2) is 50.0 Å². The molecule has 11 heteroatoms. The number of nitrogens with two attached hydrogens (primary N) is 1. The lowest BCUT2D eigenvalue weighted by molar-refractivity contribution is -0.0980. The van der Waals surface area contributed by atoms with E-state index in [1.165, 1.54) is 24.6 Å². The van der Waals surface area contributed by atoms with Crippen LogP contribution in [0.1, 0.15) is 37.5 Å². The number of rotatable bonds is 10. The molecule has 38 heavy (non-hydrogen) atoms. The average Bonchev–Trinajstić information content (AvgIpc) is 3.61. The van der Waals surface area contributed by atoms with Crippen LogP contribution in [0.25, 0.3) is 11.0 Å². The number of hydrogen-bond acceptors (Lipinski definition) is 10. The summed E-state index contributed by atoms with van der Waals surface area (Å²) in [4.78, 5) is 8.98. The first-order valence-electron chi connectivity index (χ1n) is 12.2. The van der Waals surface area contributed by atoms with Gasteiger partial charge in [0.1, 0.15) is 23.7 Å². The molecule has 10 nitrogen and oxygen atoms in total. The van der Waals surface area contributed by atoms with E-state index < -0.39 is 0 Å². The molecular weight excluding hydrogens is 504 g/mol. The van der Waals surface area contributed by atoms with Crippen molar-refractivity contribution in [1.29, 1.82) is 0 Å². The summed E-state index contributed by atoms with van der Waals surface area (Å²) in [6, 6.07) is 10.1. The lowest BCUT2D eigenvalue weighted by Gasteiger charge is -2.11. The smallest absolute Gasteiger partial charge is 0.191 e. The second-order valence-corrected chi connectivity index (χ2v) is 8.17. The number of ether oxygens (including phenoxy) is 2. The van der Waals surface area contributed by atoms with Crippen LogP contribution in [0.4, 0.5) is 5.82 Å². The number of carbonyl (C=O) groups excluding carboxylic acids is 1. The molecule has 0 spiro atoms. The number of carbonyl (C=O) groups is 1. The topological polar surface area (TPSA) is 129 Å². The summed E-state index contributed by atoms with van der Waals surface area (Å²) in [6.45, 7) is 9.51. The molecule has 0 bridgehead atoms. The largest absolute Gasteiger partial charge is 0.496 e. The maximum Gasteiger partial charge on any atom is 0.191 e. The van der Waals surface area contributed by atoms with Crippen LogP contribution in [0.3, 0.4) is 0 Å². The summed E-state index contributed by atoms with van der Waals surface area (Å²) in [6.07, 6.45) is 4.84. The Morgan fingerprint density at radius 1 is 1.05 bits per heavy atom. The van der Waals surface area contributed by atoms with Crippen molar-refractivity contribution in [3.05, 3.63) is 59.4 Å². The van der Waals surface area contributed by atoms with E-state index in [1.807, 2.05) is 63.0 Å². The number of anilines is 1. The second kappa shape index (κ2) is 17.8. The predicted molar refractivity (Wildman–Crippen MR) is 155 cm³/mol. The molecule has 0 radical (unpaired) electrons. The summed E-state index contributed by atoms with van der Waals surface area (Å²) in [5, 5.41) is 12.6. The highest BCUT2D eigenvalue weighted by Gasteiger charge is 2.17. The van der Waals surface area contributed by atoms with Gasteiger partial charge in [-0.1, -0.05) is 32.0 Å². The molecule has 0 aliphatic heterocycles. The zero-order chi connectivity index (χ0) is 28.5. The first kappa shape index (κ1) is 32.5. The molecule has 0 aliphatic rings. The van der Waals surface area contributed by atoms with E-state index in [9.17, 15) is 0 Å². The van der Waals surface area contributed by atoms with Gasteiger partial charge >= 0.3 is 0 Å². The molecule has 0 aliphatic carbocycles. The summed E-state index contributed by atoms with van der Waals surface area (Å²) in [5.74, 6) is 2.10. The van der Waals surface area contributed by atoms with Crippen LogP contribution < -0.4 is 25.2 Å². The van der Waals surface area contributed by atoms with Gasteiger partial charge in [-0.15, -0.1) is 0 Å². The quantitative estimate of drug-likeness (QED) is 0.237. The molecule has 0 unspecified atom stereocenters. The van der Waals surface area contributed by atoms with Crippen LogP contribution in [0.2, 0.25) is 0 Å². The van der Waals surface area contributed by atoms with E-state index in [-0.39, 0.29) is 0 Å². The number of methoxy groups -OCH3 is 2. The van der Waals surface area contributed by atoms with E-state index in [1.54, 1.807) is 14.2 Å². The average molecular weight is 545 g/mol. The molecule has 0 atom stereocenters. The third kappa shape index (κ3) is 8.51. The molecule has 0 amide bonds. The molecule has 4 rings (SSSR count). The molecule has 2 aromatic heterocycles. The van der Waals surface area contributed by atoms with Crippen LogP contribution in [0.5, 0.6) is 11.5 Å². The highest BCUT2D eigenvalue weighted by molar-refractivity contribution is 8.00. The van der Waals surface area contributed by atoms with Gasteiger partial charge in [-0.3, -0.25) is 4.68 Å². The first-order valence-corrected chi connectivity index (χ1v) is 13.0. The number of aromatic nitrogens is 3. The van der Waals surface area contributed by atoms with Gasteiger partial charge in [0.25, 0.3) is 0 Å². The van der Waals surface area contributed by atoms with E-state index in [0.29, 0.717) is 23.7 Å². The Bertz CT molecular complexity index is 1230. The number of aryl methyl sites for hydroxylation is 1. The van der Waals surface area contributed by atoms with Gasteiger partial charge in [-0.05, 0) is 67.9 Å². The number of fused-ring (bicyclic) bond motifs is 1. The normalized spacial score (nSPS) is 9.79. The maximum absolute atomic E-state index is 8.00. The molecule has 0 saturated carbocycles. The standard InChI is InChI=1S/C23H27N5O3S.C2H6.CH5N.CH2O/c1-5-15-6-7-18(29-3)21(10-15)32-27-23-22-19(30-4)8-16(9-20(22)31-26-23)13-28-14-17(11-24-2)12-25-28;3*1-2/h6-10,12,14,24H,5,11,13H2,1-4H3,(H,26,27);1-2H3;2H2,1H3;1H2. The van der Waals surface area contributed by atoms with Crippen LogP contribution in [-0.2, 0) is 24.3 Å². The molecule has 0 fully saturated rings. The van der Waals surface area contributed by atoms with Crippen molar-refractivity contribution in [2.24, 2.45) is 5.73 Å². The fourth-order valence-corrected chi connectivity index (χ4v) is 4.32. The fraction of sp³-hybridized carbons (Fsp3) is 0.370. The number of nitrogens with one attached hydrogen (secondary N) is 2. The van der Waals surface area contributed by atoms with Gasteiger partial charge in [0.15, 0.2) is 11.4 Å². The first-order chi connectivity index (χ1) is 18.6. The molecular formula is C27H40N6O4S. The zero-order valence-corrected chi connectivity index (χ0v) is 24.1. The zero-order valence-electron chi connectivity index (χ0n) is 23.3. The number of hydrogen-bond donors (Lipinski definition) is 3. The van der Waals surface area contributed by atoms with Gasteiger partial charge in [-0.25, -0.2) is 0 Å². The van der Waals surface area contributed by atoms with Crippen molar-refractivity contribution >= 4 is 35.5 Å². The fourth-order valence-electron chi connectivity index (χ4n) is 3.51. The van der Waals surface area contributed by atoms with Gasteiger partial charge in [0.2, 0.25) is 0 Å². The molecule has 2 heterocycles. The predicted octanol–water partition coefficient (Wildman–Crippen LogP) is 4.91. The summed E-state index contributed by atoms with van der Waals surface area (Å²) in [5.41, 5.74) is 8.53. The van der Waals surface area contributed by atoms with Gasteiger partial charge < -0.3 is 34.6 Å². The van der Waals surface area contributed by atoms with Crippen molar-refractivity contribution in [3.8, 4) is 11.5 Å². The molecule has 0 saturated heterocycles. The Balaban J connectivity index is 0.00000112. The van der Waals surface area contributed by atoms with Crippen LogP contribution in [0, 0.1) is 0 Å². The van der Waals surface area contributed by atoms with E-state index in [2.05, 4.69) is 45.1 Å². The van der Waals surface area contributed by atoms with E-state index in [0.717, 1.165) is 40.1 Å². The Morgan fingerprint density at radius 3 is 2.39 bits per heavy atom. The Kier molecular flexibility index (Phi) is 15.2. The third-order valence-electron chi connectivity index (χ3n) is 5.12. The molecule has 4 aromatic rings.